The maximum atomic E-state index is 5.57. The molecule has 0 spiro atoms. The second-order valence-electron chi connectivity index (χ2n) is 4.87. The molecule has 0 saturated carbocycles. The number of nitrogens with zero attached hydrogens (tertiary/aromatic N) is 1. The zero-order valence-corrected chi connectivity index (χ0v) is 10.6. The number of pyridine rings is 1. The predicted octanol–water partition coefficient (Wildman–Crippen LogP) is 2.50. The van der Waals surface area contributed by atoms with Crippen molar-refractivity contribution in [3.8, 4) is 0 Å². The van der Waals surface area contributed by atoms with Crippen molar-refractivity contribution in [2.75, 3.05) is 6.61 Å². The number of benzene rings is 1. The molecule has 1 aliphatic heterocycles. The highest BCUT2D eigenvalue weighted by Crippen LogP contribution is 2.19. The van der Waals surface area contributed by atoms with Crippen molar-refractivity contribution in [1.29, 1.82) is 0 Å². The third-order valence-electron chi connectivity index (χ3n) is 3.70. The van der Waals surface area contributed by atoms with Gasteiger partial charge in [0.05, 0.1) is 6.10 Å². The second kappa shape index (κ2) is 5.04. The molecule has 0 radical (unpaired) electrons. The monoisotopic (exact) mass is 242 g/mol. The maximum absolute atomic E-state index is 5.57. The minimum Gasteiger partial charge on any atom is -0.377 e. The van der Waals surface area contributed by atoms with E-state index in [2.05, 4.69) is 41.5 Å². The van der Waals surface area contributed by atoms with Crippen molar-refractivity contribution in [3.63, 3.8) is 0 Å². The van der Waals surface area contributed by atoms with E-state index in [1.807, 2.05) is 12.4 Å². The topological polar surface area (TPSA) is 34.1 Å². The molecule has 1 N–H and O–H groups in total. The summed E-state index contributed by atoms with van der Waals surface area (Å²) < 4.78 is 5.57. The van der Waals surface area contributed by atoms with E-state index in [-0.39, 0.29) is 0 Å². The first kappa shape index (κ1) is 11.6. The van der Waals surface area contributed by atoms with Gasteiger partial charge < -0.3 is 10.1 Å². The molecule has 1 aromatic heterocycles. The lowest BCUT2D eigenvalue weighted by Crippen LogP contribution is -2.34. The molecule has 2 aromatic rings. The van der Waals surface area contributed by atoms with E-state index >= 15 is 0 Å². The van der Waals surface area contributed by atoms with Gasteiger partial charge in [0.25, 0.3) is 0 Å². The van der Waals surface area contributed by atoms with Gasteiger partial charge in [0.15, 0.2) is 0 Å². The van der Waals surface area contributed by atoms with E-state index in [9.17, 15) is 0 Å². The van der Waals surface area contributed by atoms with E-state index in [1.54, 1.807) is 0 Å². The third-order valence-corrected chi connectivity index (χ3v) is 3.70. The van der Waals surface area contributed by atoms with Gasteiger partial charge in [0.2, 0.25) is 0 Å². The van der Waals surface area contributed by atoms with Gasteiger partial charge in [-0.05, 0) is 30.4 Å². The molecule has 2 heterocycles. The Morgan fingerprint density at radius 2 is 2.33 bits per heavy atom. The number of hydrogen-bond acceptors (Lipinski definition) is 3. The van der Waals surface area contributed by atoms with E-state index in [1.165, 1.54) is 16.3 Å². The van der Waals surface area contributed by atoms with Crippen LogP contribution in [0, 0.1) is 0 Å². The van der Waals surface area contributed by atoms with Gasteiger partial charge in [-0.3, -0.25) is 4.98 Å². The molecular formula is C15H18N2O. The van der Waals surface area contributed by atoms with Gasteiger partial charge in [0, 0.05) is 37.0 Å². The first-order valence-corrected chi connectivity index (χ1v) is 6.51. The summed E-state index contributed by atoms with van der Waals surface area (Å²) in [6.45, 7) is 3.90. The zero-order valence-electron chi connectivity index (χ0n) is 10.6. The Bertz CT molecular complexity index is 536. The van der Waals surface area contributed by atoms with Crippen LogP contribution in [0.2, 0.25) is 0 Å². The van der Waals surface area contributed by atoms with Gasteiger partial charge in [-0.15, -0.1) is 0 Å². The first-order valence-electron chi connectivity index (χ1n) is 6.51. The summed E-state index contributed by atoms with van der Waals surface area (Å²) in [6.07, 6.45) is 5.20. The Kier molecular flexibility index (Phi) is 3.26. The standard InChI is InChI=1S/C15H18N2O/c1-11-15(6-8-18-11)17-10-13-4-2-3-12-9-16-7-5-14(12)13/h2-5,7,9,11,15,17H,6,8,10H2,1H3. The highest BCUT2D eigenvalue weighted by atomic mass is 16.5. The quantitative estimate of drug-likeness (QED) is 0.898. The molecule has 3 heteroatoms. The molecule has 94 valence electrons. The van der Waals surface area contributed by atoms with Crippen molar-refractivity contribution in [1.82, 2.24) is 10.3 Å². The average Bonchev–Trinajstić information content (AvgIpc) is 2.82. The van der Waals surface area contributed by atoms with Crippen LogP contribution in [0.15, 0.2) is 36.7 Å². The highest BCUT2D eigenvalue weighted by molar-refractivity contribution is 5.84. The summed E-state index contributed by atoms with van der Waals surface area (Å²) in [7, 11) is 0. The minimum atomic E-state index is 0.321. The molecular weight excluding hydrogens is 224 g/mol. The fourth-order valence-corrected chi connectivity index (χ4v) is 2.58. The number of aromatic nitrogens is 1. The third kappa shape index (κ3) is 2.24. The normalized spacial score (nSPS) is 23.6. The largest absolute Gasteiger partial charge is 0.377 e. The van der Waals surface area contributed by atoms with Crippen LogP contribution >= 0.6 is 0 Å². The highest BCUT2D eigenvalue weighted by Gasteiger charge is 2.23. The van der Waals surface area contributed by atoms with Crippen molar-refractivity contribution in [3.05, 3.63) is 42.2 Å². The molecule has 3 rings (SSSR count). The summed E-state index contributed by atoms with van der Waals surface area (Å²) in [6, 6.07) is 8.93. The van der Waals surface area contributed by atoms with Crippen LogP contribution in [-0.2, 0) is 11.3 Å². The minimum absolute atomic E-state index is 0.321. The van der Waals surface area contributed by atoms with Crippen LogP contribution in [0.3, 0.4) is 0 Å². The summed E-state index contributed by atoms with van der Waals surface area (Å²) in [5, 5.41) is 6.08. The second-order valence-corrected chi connectivity index (χ2v) is 4.87. The molecule has 2 unspecified atom stereocenters. The lowest BCUT2D eigenvalue weighted by atomic mass is 10.1. The van der Waals surface area contributed by atoms with Crippen LogP contribution in [0.25, 0.3) is 10.8 Å². The molecule has 0 bridgehead atoms. The average molecular weight is 242 g/mol. The molecule has 18 heavy (non-hydrogen) atoms. The van der Waals surface area contributed by atoms with Crippen LogP contribution in [0.5, 0.6) is 0 Å². The van der Waals surface area contributed by atoms with Crippen LogP contribution in [0.4, 0.5) is 0 Å². The number of nitrogens with one attached hydrogen (secondary N) is 1. The Labute approximate surface area is 107 Å². The molecule has 2 atom stereocenters. The number of rotatable bonds is 3. The van der Waals surface area contributed by atoms with Crippen molar-refractivity contribution < 1.29 is 4.74 Å². The number of hydrogen-bond donors (Lipinski definition) is 1. The summed E-state index contributed by atoms with van der Waals surface area (Å²) in [4.78, 5) is 4.16. The van der Waals surface area contributed by atoms with Crippen molar-refractivity contribution in [2.24, 2.45) is 0 Å². The van der Waals surface area contributed by atoms with E-state index in [0.717, 1.165) is 19.6 Å². The Morgan fingerprint density at radius 3 is 3.17 bits per heavy atom. The molecule has 3 nitrogen and oxygen atoms in total. The smallest absolute Gasteiger partial charge is 0.0700 e. The summed E-state index contributed by atoms with van der Waals surface area (Å²) in [5.41, 5.74) is 1.33. The van der Waals surface area contributed by atoms with Crippen molar-refractivity contribution in [2.45, 2.75) is 32.0 Å². The number of ether oxygens (including phenoxy) is 1. The number of fused-ring (bicyclic) bond motifs is 1. The van der Waals surface area contributed by atoms with E-state index in [4.69, 9.17) is 4.74 Å². The molecule has 0 amide bonds. The first-order chi connectivity index (χ1) is 8.84. The Morgan fingerprint density at radius 1 is 1.39 bits per heavy atom. The van der Waals surface area contributed by atoms with Gasteiger partial charge in [-0.1, -0.05) is 18.2 Å². The SMILES string of the molecule is CC1OCCC1NCc1cccc2cnccc12. The van der Waals surface area contributed by atoms with Crippen molar-refractivity contribution >= 4 is 10.8 Å². The van der Waals surface area contributed by atoms with Gasteiger partial charge in [-0.2, -0.15) is 0 Å². The van der Waals surface area contributed by atoms with E-state index < -0.39 is 0 Å². The maximum Gasteiger partial charge on any atom is 0.0700 e. The summed E-state index contributed by atoms with van der Waals surface area (Å²) in [5.74, 6) is 0. The van der Waals surface area contributed by atoms with Crippen LogP contribution < -0.4 is 5.32 Å². The fraction of sp³-hybridized carbons (Fsp3) is 0.400. The van der Waals surface area contributed by atoms with Crippen LogP contribution in [-0.4, -0.2) is 23.7 Å². The van der Waals surface area contributed by atoms with Crippen LogP contribution in [0.1, 0.15) is 18.9 Å². The fourth-order valence-electron chi connectivity index (χ4n) is 2.58. The predicted molar refractivity (Wildman–Crippen MR) is 72.4 cm³/mol. The van der Waals surface area contributed by atoms with Gasteiger partial charge >= 0.3 is 0 Å². The van der Waals surface area contributed by atoms with Gasteiger partial charge in [-0.25, -0.2) is 0 Å². The molecule has 1 fully saturated rings. The Balaban J connectivity index is 1.78. The van der Waals surface area contributed by atoms with E-state index in [0.29, 0.717) is 12.1 Å². The molecule has 1 aliphatic rings. The lowest BCUT2D eigenvalue weighted by molar-refractivity contribution is 0.113. The van der Waals surface area contributed by atoms with Gasteiger partial charge in [0.1, 0.15) is 0 Å². The zero-order chi connectivity index (χ0) is 12.4. The summed E-state index contributed by atoms with van der Waals surface area (Å²) >= 11 is 0. The molecule has 1 saturated heterocycles. The molecule has 1 aromatic carbocycles. The molecule has 0 aliphatic carbocycles. The lowest BCUT2D eigenvalue weighted by Gasteiger charge is -2.16. The Hall–Kier alpha value is -1.45.